The second-order valence-electron chi connectivity index (χ2n) is 6.19. The summed E-state index contributed by atoms with van der Waals surface area (Å²) in [5.74, 6) is -1.88. The van der Waals surface area contributed by atoms with Gasteiger partial charge in [0.25, 0.3) is 0 Å². The zero-order valence-electron chi connectivity index (χ0n) is 13.1. The summed E-state index contributed by atoms with van der Waals surface area (Å²) < 4.78 is 27.2. The van der Waals surface area contributed by atoms with Gasteiger partial charge in [-0.25, -0.2) is 8.78 Å². The van der Waals surface area contributed by atoms with E-state index in [9.17, 15) is 13.6 Å². The summed E-state index contributed by atoms with van der Waals surface area (Å²) in [6.07, 6.45) is 1.55. The summed E-state index contributed by atoms with van der Waals surface area (Å²) in [7, 11) is 0. The SMILES string of the molecule is O=C(c1cc(F)ccc1F)[C@@H]1CCCN(Cc2cccc(Cl)c2)C1. The van der Waals surface area contributed by atoms with Gasteiger partial charge in [-0.2, -0.15) is 0 Å². The Morgan fingerprint density at radius 1 is 1.21 bits per heavy atom. The molecular formula is C19H18ClF2NO. The monoisotopic (exact) mass is 349 g/mol. The lowest BCUT2D eigenvalue weighted by molar-refractivity contribution is 0.0807. The van der Waals surface area contributed by atoms with Crippen molar-refractivity contribution in [2.24, 2.45) is 5.92 Å². The van der Waals surface area contributed by atoms with Crippen LogP contribution in [0.15, 0.2) is 42.5 Å². The number of nitrogens with zero attached hydrogens (tertiary/aromatic N) is 1. The van der Waals surface area contributed by atoms with Crippen molar-refractivity contribution in [3.05, 3.63) is 70.2 Å². The molecule has 1 aliphatic heterocycles. The molecule has 1 aliphatic rings. The number of piperidine rings is 1. The molecule has 0 radical (unpaired) electrons. The molecule has 0 spiro atoms. The molecule has 0 amide bonds. The number of hydrogen-bond acceptors (Lipinski definition) is 2. The molecule has 0 N–H and O–H groups in total. The van der Waals surface area contributed by atoms with E-state index in [1.807, 2.05) is 24.3 Å². The van der Waals surface area contributed by atoms with Gasteiger partial charge in [-0.05, 0) is 55.3 Å². The molecule has 24 heavy (non-hydrogen) atoms. The molecule has 126 valence electrons. The van der Waals surface area contributed by atoms with Crippen LogP contribution in [-0.4, -0.2) is 23.8 Å². The zero-order chi connectivity index (χ0) is 17.1. The molecule has 5 heteroatoms. The van der Waals surface area contributed by atoms with Gasteiger partial charge in [0.05, 0.1) is 5.56 Å². The lowest BCUT2D eigenvalue weighted by atomic mass is 9.89. The van der Waals surface area contributed by atoms with Crippen LogP contribution in [0, 0.1) is 17.6 Å². The lowest BCUT2D eigenvalue weighted by Gasteiger charge is -2.32. The van der Waals surface area contributed by atoms with Crippen LogP contribution in [0.4, 0.5) is 8.78 Å². The molecule has 2 aromatic carbocycles. The van der Waals surface area contributed by atoms with Crippen molar-refractivity contribution in [3.8, 4) is 0 Å². The van der Waals surface area contributed by atoms with Crippen LogP contribution in [-0.2, 0) is 6.54 Å². The highest BCUT2D eigenvalue weighted by molar-refractivity contribution is 6.30. The van der Waals surface area contributed by atoms with Gasteiger partial charge in [0.2, 0.25) is 0 Å². The fourth-order valence-corrected chi connectivity index (χ4v) is 3.43. The van der Waals surface area contributed by atoms with E-state index >= 15 is 0 Å². The van der Waals surface area contributed by atoms with Crippen molar-refractivity contribution in [3.63, 3.8) is 0 Å². The van der Waals surface area contributed by atoms with Crippen molar-refractivity contribution < 1.29 is 13.6 Å². The molecular weight excluding hydrogens is 332 g/mol. The van der Waals surface area contributed by atoms with E-state index in [-0.39, 0.29) is 17.3 Å². The van der Waals surface area contributed by atoms with Gasteiger partial charge in [-0.15, -0.1) is 0 Å². The lowest BCUT2D eigenvalue weighted by Crippen LogP contribution is -2.38. The minimum atomic E-state index is -0.659. The molecule has 0 saturated carbocycles. The first kappa shape index (κ1) is 17.1. The molecule has 0 unspecified atom stereocenters. The van der Waals surface area contributed by atoms with E-state index < -0.39 is 11.6 Å². The highest BCUT2D eigenvalue weighted by atomic mass is 35.5. The second-order valence-corrected chi connectivity index (χ2v) is 6.63. The van der Waals surface area contributed by atoms with E-state index in [2.05, 4.69) is 4.90 Å². The molecule has 0 bridgehead atoms. The molecule has 2 aromatic rings. The van der Waals surface area contributed by atoms with E-state index in [1.165, 1.54) is 0 Å². The Labute approximate surface area is 145 Å². The van der Waals surface area contributed by atoms with Crippen molar-refractivity contribution >= 4 is 17.4 Å². The van der Waals surface area contributed by atoms with Crippen LogP contribution >= 0.6 is 11.6 Å². The van der Waals surface area contributed by atoms with Gasteiger partial charge in [-0.3, -0.25) is 9.69 Å². The van der Waals surface area contributed by atoms with Gasteiger partial charge in [0, 0.05) is 24.0 Å². The quantitative estimate of drug-likeness (QED) is 0.745. The van der Waals surface area contributed by atoms with Crippen LogP contribution in [0.25, 0.3) is 0 Å². The number of hydrogen-bond donors (Lipinski definition) is 0. The van der Waals surface area contributed by atoms with Gasteiger partial charge in [0.15, 0.2) is 5.78 Å². The third-order valence-corrected chi connectivity index (χ3v) is 4.60. The number of Topliss-reactive ketones (excluding diaryl/α,β-unsaturated/α-hetero) is 1. The maximum Gasteiger partial charge on any atom is 0.170 e. The minimum absolute atomic E-state index is 0.149. The predicted octanol–water partition coefficient (Wildman–Crippen LogP) is 4.71. The minimum Gasteiger partial charge on any atom is -0.298 e. The number of carbonyl (C=O) groups is 1. The van der Waals surface area contributed by atoms with Gasteiger partial charge in [0.1, 0.15) is 11.6 Å². The van der Waals surface area contributed by atoms with Gasteiger partial charge in [-0.1, -0.05) is 23.7 Å². The molecule has 1 heterocycles. The van der Waals surface area contributed by atoms with E-state index in [0.29, 0.717) is 24.5 Å². The third kappa shape index (κ3) is 4.00. The van der Waals surface area contributed by atoms with Crippen LogP contribution in [0.5, 0.6) is 0 Å². The highest BCUT2D eigenvalue weighted by Crippen LogP contribution is 2.24. The number of halogens is 3. The number of benzene rings is 2. The standard InChI is InChI=1S/C19H18ClF2NO/c20-15-5-1-3-13(9-15)11-23-8-2-4-14(12-23)19(24)17-10-16(21)6-7-18(17)22/h1,3,5-7,9-10,14H,2,4,8,11-12H2/t14-/m1/s1. The van der Waals surface area contributed by atoms with Gasteiger partial charge >= 0.3 is 0 Å². The summed E-state index contributed by atoms with van der Waals surface area (Å²) in [6, 6.07) is 10.6. The zero-order valence-corrected chi connectivity index (χ0v) is 13.9. The first-order valence-electron chi connectivity index (χ1n) is 7.99. The second kappa shape index (κ2) is 7.41. The molecule has 1 fully saturated rings. The van der Waals surface area contributed by atoms with E-state index in [1.54, 1.807) is 0 Å². The Bertz CT molecular complexity index is 750. The first-order valence-corrected chi connectivity index (χ1v) is 8.37. The summed E-state index contributed by atoms with van der Waals surface area (Å²) >= 11 is 6.00. The van der Waals surface area contributed by atoms with Gasteiger partial charge < -0.3 is 0 Å². The van der Waals surface area contributed by atoms with Crippen molar-refractivity contribution in [1.29, 1.82) is 0 Å². The van der Waals surface area contributed by atoms with Crippen LogP contribution in [0.3, 0.4) is 0 Å². The maximum atomic E-state index is 13.8. The number of ketones is 1. The van der Waals surface area contributed by atoms with E-state index in [4.69, 9.17) is 11.6 Å². The molecule has 1 atom stereocenters. The molecule has 2 nitrogen and oxygen atoms in total. The van der Waals surface area contributed by atoms with Crippen LogP contribution in [0.2, 0.25) is 5.02 Å². The van der Waals surface area contributed by atoms with E-state index in [0.717, 1.165) is 36.7 Å². The number of likely N-dealkylation sites (tertiary alicyclic amines) is 1. The van der Waals surface area contributed by atoms with Crippen LogP contribution < -0.4 is 0 Å². The van der Waals surface area contributed by atoms with Crippen molar-refractivity contribution in [1.82, 2.24) is 4.90 Å². The fourth-order valence-electron chi connectivity index (χ4n) is 3.21. The summed E-state index contributed by atoms with van der Waals surface area (Å²) in [5.41, 5.74) is 0.928. The third-order valence-electron chi connectivity index (χ3n) is 4.37. The Morgan fingerprint density at radius 2 is 2.04 bits per heavy atom. The average Bonchev–Trinajstić information content (AvgIpc) is 2.57. The molecule has 1 saturated heterocycles. The normalized spacial score (nSPS) is 18.5. The fraction of sp³-hybridized carbons (Fsp3) is 0.316. The average molecular weight is 350 g/mol. The largest absolute Gasteiger partial charge is 0.298 e. The Morgan fingerprint density at radius 3 is 2.83 bits per heavy atom. The molecule has 3 rings (SSSR count). The summed E-state index contributed by atoms with van der Waals surface area (Å²) in [5, 5.41) is 0.680. The number of carbonyl (C=O) groups excluding carboxylic acids is 1. The Balaban J connectivity index is 1.71. The Kier molecular flexibility index (Phi) is 5.27. The Hall–Kier alpha value is -1.78. The molecule has 0 aromatic heterocycles. The first-order chi connectivity index (χ1) is 11.5. The smallest absolute Gasteiger partial charge is 0.170 e. The predicted molar refractivity (Wildman–Crippen MR) is 90.1 cm³/mol. The highest BCUT2D eigenvalue weighted by Gasteiger charge is 2.28. The van der Waals surface area contributed by atoms with Crippen molar-refractivity contribution in [2.75, 3.05) is 13.1 Å². The summed E-state index contributed by atoms with van der Waals surface area (Å²) in [4.78, 5) is 14.7. The number of rotatable bonds is 4. The topological polar surface area (TPSA) is 20.3 Å². The molecule has 0 aliphatic carbocycles. The van der Waals surface area contributed by atoms with Crippen LogP contribution in [0.1, 0.15) is 28.8 Å². The summed E-state index contributed by atoms with van der Waals surface area (Å²) in [6.45, 7) is 2.11. The van der Waals surface area contributed by atoms with Crippen molar-refractivity contribution in [2.45, 2.75) is 19.4 Å². The maximum absolute atomic E-state index is 13.8.